The van der Waals surface area contributed by atoms with E-state index in [1.807, 2.05) is 0 Å². The summed E-state index contributed by atoms with van der Waals surface area (Å²) in [7, 11) is 0. The topological polar surface area (TPSA) is 335 Å². The number of carbonyl (C=O) groups is 1. The average Bonchev–Trinajstić information content (AvgIpc) is 3.00. The summed E-state index contributed by atoms with van der Waals surface area (Å²) in [6, 6.07) is 0. The number of aliphatic hydroxyl groups is 13. The highest BCUT2D eigenvalue weighted by Gasteiger charge is 2.50. The summed E-state index contributed by atoms with van der Waals surface area (Å²) in [5, 5.41) is 131. The van der Waals surface area contributed by atoms with E-state index in [2.05, 4.69) is 0 Å². The molecule has 0 radical (unpaired) electrons. The monoisotopic (exact) mass is 650 g/mol. The van der Waals surface area contributed by atoms with Crippen LogP contribution in [-0.4, -0.2) is 209 Å². The lowest BCUT2D eigenvalue weighted by Gasteiger charge is -2.44. The van der Waals surface area contributed by atoms with Crippen molar-refractivity contribution >= 4 is 6.29 Å². The summed E-state index contributed by atoms with van der Waals surface area (Å²) in [6.07, 6.45) is -33.5. The van der Waals surface area contributed by atoms with Crippen LogP contribution in [0.1, 0.15) is 6.92 Å². The quantitative estimate of drug-likeness (QED) is 0.0823. The van der Waals surface area contributed by atoms with Gasteiger partial charge < -0.3 is 99.6 Å². The van der Waals surface area contributed by atoms with Gasteiger partial charge in [0.1, 0.15) is 91.6 Å². The van der Waals surface area contributed by atoms with E-state index in [9.17, 15) is 71.2 Å². The van der Waals surface area contributed by atoms with E-state index in [-0.39, 0.29) is 6.29 Å². The molecule has 0 aliphatic carbocycles. The van der Waals surface area contributed by atoms with Crippen LogP contribution in [0, 0.1) is 0 Å². The van der Waals surface area contributed by atoms with Crippen LogP contribution < -0.4 is 0 Å². The lowest BCUT2D eigenvalue weighted by Crippen LogP contribution is -2.63. The molecule has 20 heteroatoms. The van der Waals surface area contributed by atoms with E-state index in [0.29, 0.717) is 0 Å². The van der Waals surface area contributed by atoms with Gasteiger partial charge in [-0.3, -0.25) is 0 Å². The Morgan fingerprint density at radius 1 is 0.614 bits per heavy atom. The van der Waals surface area contributed by atoms with Crippen molar-refractivity contribution in [2.24, 2.45) is 0 Å². The molecule has 0 aromatic rings. The van der Waals surface area contributed by atoms with Crippen LogP contribution in [0.2, 0.25) is 0 Å². The summed E-state index contributed by atoms with van der Waals surface area (Å²) >= 11 is 0. The Morgan fingerprint density at radius 3 is 1.41 bits per heavy atom. The normalized spacial score (nSPS) is 46.2. The van der Waals surface area contributed by atoms with Crippen LogP contribution in [-0.2, 0) is 33.2 Å². The molecular formula is C24H42O20. The third kappa shape index (κ3) is 8.24. The third-order valence-electron chi connectivity index (χ3n) is 7.63. The van der Waals surface area contributed by atoms with Crippen molar-refractivity contribution in [2.75, 3.05) is 19.8 Å². The zero-order chi connectivity index (χ0) is 33.0. The Bertz CT molecular complexity index is 881. The van der Waals surface area contributed by atoms with Crippen LogP contribution in [0.25, 0.3) is 0 Å². The van der Waals surface area contributed by atoms with Crippen LogP contribution >= 0.6 is 0 Å². The molecule has 0 aromatic carbocycles. The van der Waals surface area contributed by atoms with Gasteiger partial charge in [-0.1, -0.05) is 0 Å². The van der Waals surface area contributed by atoms with Crippen LogP contribution in [0.15, 0.2) is 0 Å². The van der Waals surface area contributed by atoms with Crippen molar-refractivity contribution < 1.29 is 99.6 Å². The van der Waals surface area contributed by atoms with Crippen molar-refractivity contribution in [1.29, 1.82) is 0 Å². The summed E-state index contributed by atoms with van der Waals surface area (Å²) in [6.45, 7) is -1.01. The van der Waals surface area contributed by atoms with E-state index in [1.54, 1.807) is 0 Å². The summed E-state index contributed by atoms with van der Waals surface area (Å²) in [5.41, 5.74) is 0. The van der Waals surface area contributed by atoms with Gasteiger partial charge in [0.05, 0.1) is 25.9 Å². The fourth-order valence-corrected chi connectivity index (χ4v) is 4.81. The second kappa shape index (κ2) is 16.1. The molecule has 19 atom stereocenters. The number of ether oxygens (including phenoxy) is 6. The van der Waals surface area contributed by atoms with Crippen molar-refractivity contribution in [3.8, 4) is 0 Å². The predicted molar refractivity (Wildman–Crippen MR) is 134 cm³/mol. The minimum Gasteiger partial charge on any atom is -0.394 e. The molecule has 0 aromatic heterocycles. The predicted octanol–water partition coefficient (Wildman–Crippen LogP) is -8.88. The molecule has 258 valence electrons. The zero-order valence-corrected chi connectivity index (χ0v) is 23.3. The molecule has 3 heterocycles. The standard InChI is InChI=1S/C24H42O20/c1-6(27)11(29)21(7(28)2-25)44-24-20(38)17(35)14(32)10(43-24)5-40-23-19(37)16(34)13(31)9(42-23)4-39-22-18(36)15(33)12(30)8(3-26)41-22/h2,6-24,26-38H,3-5H2,1H3/t6-,7-,8+,9+,10+,11-,12+,13-,14-,15-,16-,17-,18+,19+,20+,21-,22+,23?,24?/m0/s1. The smallest absolute Gasteiger partial charge is 0.187 e. The maximum Gasteiger partial charge on any atom is 0.187 e. The highest BCUT2D eigenvalue weighted by molar-refractivity contribution is 5.56. The second-order valence-electron chi connectivity index (χ2n) is 10.9. The molecule has 0 spiro atoms. The third-order valence-corrected chi connectivity index (χ3v) is 7.63. The summed E-state index contributed by atoms with van der Waals surface area (Å²) in [5.74, 6) is 0. The van der Waals surface area contributed by atoms with Crippen LogP contribution in [0.3, 0.4) is 0 Å². The largest absolute Gasteiger partial charge is 0.394 e. The minimum atomic E-state index is -2.00. The number of hydrogen-bond acceptors (Lipinski definition) is 20. The molecule has 3 fully saturated rings. The average molecular weight is 651 g/mol. The van der Waals surface area contributed by atoms with Crippen LogP contribution in [0.5, 0.6) is 0 Å². The number of rotatable bonds is 13. The first-order valence-electron chi connectivity index (χ1n) is 13.7. The fourth-order valence-electron chi connectivity index (χ4n) is 4.81. The number of carbonyl (C=O) groups excluding carboxylic acids is 1. The Hall–Kier alpha value is -1.09. The highest BCUT2D eigenvalue weighted by atomic mass is 16.7. The molecule has 3 aliphatic rings. The van der Waals surface area contributed by atoms with Crippen molar-refractivity contribution in [1.82, 2.24) is 0 Å². The van der Waals surface area contributed by atoms with Gasteiger partial charge in [0.2, 0.25) is 0 Å². The summed E-state index contributed by atoms with van der Waals surface area (Å²) < 4.78 is 32.1. The van der Waals surface area contributed by atoms with Gasteiger partial charge >= 0.3 is 0 Å². The molecule has 0 saturated carbocycles. The Balaban J connectivity index is 1.65. The Kier molecular flexibility index (Phi) is 13.7. The van der Waals surface area contributed by atoms with Gasteiger partial charge in [-0.2, -0.15) is 0 Å². The number of hydrogen-bond donors (Lipinski definition) is 13. The van der Waals surface area contributed by atoms with Crippen molar-refractivity contribution in [3.05, 3.63) is 0 Å². The Labute approximate surface area is 249 Å². The van der Waals surface area contributed by atoms with Crippen LogP contribution in [0.4, 0.5) is 0 Å². The molecule has 44 heavy (non-hydrogen) atoms. The van der Waals surface area contributed by atoms with Crippen molar-refractivity contribution in [2.45, 2.75) is 123 Å². The molecule has 3 saturated heterocycles. The van der Waals surface area contributed by atoms with E-state index in [1.165, 1.54) is 0 Å². The molecule has 0 amide bonds. The first-order chi connectivity index (χ1) is 20.6. The SMILES string of the molecule is C[C@H](O)[C@H](O)[C@@H](OC1O[C@H](COC2O[C@H](CO[C@@H]3O[C@H](CO)[C@@H](O)[C@H](O)[C@H]3O)[C@H](O)[C@H](O)[C@H]2O)[C@H](O)[C@H](O)[C@H]1O)[C@@H](O)C=O. The molecular weight excluding hydrogens is 608 g/mol. The van der Waals surface area contributed by atoms with Gasteiger partial charge in [-0.05, 0) is 6.92 Å². The number of aldehydes is 1. The Morgan fingerprint density at radius 2 is 1.00 bits per heavy atom. The van der Waals surface area contributed by atoms with E-state index < -0.39 is 136 Å². The lowest BCUT2D eigenvalue weighted by molar-refractivity contribution is -0.348. The van der Waals surface area contributed by atoms with Gasteiger partial charge in [-0.25, -0.2) is 0 Å². The minimum absolute atomic E-state index is 0.0173. The molecule has 2 unspecified atom stereocenters. The van der Waals surface area contributed by atoms with E-state index >= 15 is 0 Å². The maximum absolute atomic E-state index is 11.1. The lowest BCUT2D eigenvalue weighted by atomic mass is 9.98. The fraction of sp³-hybridized carbons (Fsp3) is 0.958. The first-order valence-corrected chi connectivity index (χ1v) is 13.7. The zero-order valence-electron chi connectivity index (χ0n) is 23.3. The number of aliphatic hydroxyl groups excluding tert-OH is 13. The maximum atomic E-state index is 11.1. The van der Waals surface area contributed by atoms with Gasteiger partial charge in [0.25, 0.3) is 0 Å². The molecule has 0 bridgehead atoms. The van der Waals surface area contributed by atoms with Gasteiger partial charge in [0, 0.05) is 0 Å². The molecule has 13 N–H and O–H groups in total. The van der Waals surface area contributed by atoms with E-state index in [4.69, 9.17) is 28.4 Å². The van der Waals surface area contributed by atoms with Crippen molar-refractivity contribution in [3.63, 3.8) is 0 Å². The summed E-state index contributed by atoms with van der Waals surface area (Å²) in [4.78, 5) is 11.1. The molecule has 20 nitrogen and oxygen atoms in total. The van der Waals surface area contributed by atoms with Gasteiger partial charge in [0.15, 0.2) is 25.2 Å². The van der Waals surface area contributed by atoms with Gasteiger partial charge in [-0.15, -0.1) is 0 Å². The van der Waals surface area contributed by atoms with E-state index in [0.717, 1.165) is 6.92 Å². The highest BCUT2D eigenvalue weighted by Crippen LogP contribution is 2.29. The molecule has 3 aliphatic heterocycles. The first kappa shape index (κ1) is 37.4. The second-order valence-corrected chi connectivity index (χ2v) is 10.9. The molecule has 3 rings (SSSR count).